The first-order valence-electron chi connectivity index (χ1n) is 10.1. The van der Waals surface area contributed by atoms with Crippen LogP contribution in [0.5, 0.6) is 0 Å². The van der Waals surface area contributed by atoms with E-state index in [1.165, 1.54) is 11.9 Å². The fraction of sp³-hybridized carbons (Fsp3) is 0.167. The number of anilines is 1. The van der Waals surface area contributed by atoms with Gasteiger partial charge in [0, 0.05) is 24.1 Å². The van der Waals surface area contributed by atoms with Crippen LogP contribution in [-0.2, 0) is 0 Å². The second kappa shape index (κ2) is 9.21. The maximum absolute atomic E-state index is 5.56. The number of nitrogens with one attached hydrogen (secondary N) is 1. The van der Waals surface area contributed by atoms with Gasteiger partial charge in [-0.25, -0.2) is 9.97 Å². The third-order valence-corrected chi connectivity index (χ3v) is 5.22. The van der Waals surface area contributed by atoms with E-state index >= 15 is 0 Å². The number of aliphatic imine (C=N–C) groups is 1. The van der Waals surface area contributed by atoms with Crippen molar-refractivity contribution in [1.29, 1.82) is 0 Å². The molecule has 4 rings (SSSR count). The molecule has 2 aromatic heterocycles. The Kier molecular flexibility index (Phi) is 6.03. The quantitative estimate of drug-likeness (QED) is 0.468. The van der Waals surface area contributed by atoms with Gasteiger partial charge in [-0.15, -0.1) is 5.10 Å². The van der Waals surface area contributed by atoms with E-state index in [2.05, 4.69) is 46.4 Å². The minimum atomic E-state index is 0.306. The summed E-state index contributed by atoms with van der Waals surface area (Å²) in [4.78, 5) is 13.1. The Morgan fingerprint density at radius 2 is 1.97 bits per heavy atom. The average molecular weight is 412 g/mol. The molecule has 0 aliphatic carbocycles. The number of para-hydroxylation sites is 1. The van der Waals surface area contributed by atoms with Gasteiger partial charge in [-0.2, -0.15) is 0 Å². The van der Waals surface area contributed by atoms with E-state index in [-0.39, 0.29) is 0 Å². The maximum atomic E-state index is 5.56. The Morgan fingerprint density at radius 3 is 2.71 bits per heavy atom. The van der Waals surface area contributed by atoms with Crippen LogP contribution in [0, 0.1) is 0 Å². The highest BCUT2D eigenvalue weighted by atomic mass is 16.3. The average Bonchev–Trinajstić information content (AvgIpc) is 3.07. The molecule has 0 spiro atoms. The molecule has 0 saturated heterocycles. The molecule has 31 heavy (non-hydrogen) atoms. The number of nitrogens with two attached hydrogens (primary N) is 1. The van der Waals surface area contributed by atoms with Gasteiger partial charge >= 0.3 is 0 Å². The van der Waals surface area contributed by atoms with E-state index in [4.69, 9.17) is 15.3 Å². The Bertz CT molecular complexity index is 1220. The lowest BCUT2D eigenvalue weighted by Gasteiger charge is -2.08. The molecule has 0 radical (unpaired) electrons. The standard InChI is InChI=1S/C24H24N6O/c1-16-20(8-12-27-19-6-4-3-5-7-19)17(2)29-22(16)14-18-10-13-31-24(30-25)23(18)21-9-11-26-15-28-21/h3-7,9-11,13-15,27H,8,12,25H2,1-2H3. The molecule has 3 N–H and O–H groups in total. The van der Waals surface area contributed by atoms with Gasteiger partial charge in [-0.1, -0.05) is 18.2 Å². The molecule has 1 aliphatic heterocycles. The molecule has 0 amide bonds. The van der Waals surface area contributed by atoms with Crippen LogP contribution < -0.4 is 16.7 Å². The number of hydrogen-bond donors (Lipinski definition) is 2. The predicted octanol–water partition coefficient (Wildman–Crippen LogP) is 4.15. The topological polar surface area (TPSA) is 102 Å². The predicted molar refractivity (Wildman–Crippen MR) is 123 cm³/mol. The highest BCUT2D eigenvalue weighted by Gasteiger charge is 2.18. The van der Waals surface area contributed by atoms with Gasteiger partial charge in [-0.3, -0.25) is 4.99 Å². The molecule has 7 nitrogen and oxygen atoms in total. The van der Waals surface area contributed by atoms with Crippen LogP contribution in [0.15, 0.2) is 92.6 Å². The lowest BCUT2D eigenvalue weighted by Crippen LogP contribution is -2.11. The monoisotopic (exact) mass is 412 g/mol. The number of nitrogens with zero attached hydrogens (tertiary/aromatic N) is 4. The molecule has 1 aromatic carbocycles. The Labute approximate surface area is 180 Å². The summed E-state index contributed by atoms with van der Waals surface area (Å²) in [5.74, 6) is 5.56. The first kappa shape index (κ1) is 20.3. The van der Waals surface area contributed by atoms with Crippen molar-refractivity contribution in [3.8, 4) is 11.3 Å². The lowest BCUT2D eigenvalue weighted by molar-refractivity contribution is 0.492. The highest BCUT2D eigenvalue weighted by molar-refractivity contribution is 6.04. The molecule has 0 atom stereocenters. The van der Waals surface area contributed by atoms with E-state index in [1.54, 1.807) is 18.5 Å². The SMILES string of the molecule is CC1=NC(=Cc2ccoc(=NN)c2-c2ccncn2)C(C)=C1CCNc1ccccc1. The first-order chi connectivity index (χ1) is 15.2. The van der Waals surface area contributed by atoms with Crippen molar-refractivity contribution in [2.24, 2.45) is 15.9 Å². The second-order valence-corrected chi connectivity index (χ2v) is 7.15. The molecule has 0 saturated carbocycles. The summed E-state index contributed by atoms with van der Waals surface area (Å²) in [5.41, 5.74) is 8.05. The summed E-state index contributed by atoms with van der Waals surface area (Å²) in [6.45, 7) is 4.99. The Balaban J connectivity index is 1.64. The van der Waals surface area contributed by atoms with Crippen molar-refractivity contribution in [1.82, 2.24) is 9.97 Å². The number of aromatic nitrogens is 2. The summed E-state index contributed by atoms with van der Waals surface area (Å²) in [6, 6.07) is 13.9. The molecule has 3 aromatic rings. The molecule has 0 unspecified atom stereocenters. The first-order valence-corrected chi connectivity index (χ1v) is 10.1. The van der Waals surface area contributed by atoms with Gasteiger partial charge in [0.25, 0.3) is 0 Å². The van der Waals surface area contributed by atoms with Gasteiger partial charge in [0.2, 0.25) is 5.55 Å². The number of hydrogen-bond acceptors (Lipinski definition) is 7. The van der Waals surface area contributed by atoms with E-state index in [9.17, 15) is 0 Å². The minimum Gasteiger partial charge on any atom is -0.445 e. The summed E-state index contributed by atoms with van der Waals surface area (Å²) in [6.07, 6.45) is 7.64. The molecular weight excluding hydrogens is 388 g/mol. The molecule has 3 heterocycles. The number of benzene rings is 1. The summed E-state index contributed by atoms with van der Waals surface area (Å²) in [5, 5.41) is 7.25. The Morgan fingerprint density at radius 1 is 1.13 bits per heavy atom. The van der Waals surface area contributed by atoms with Gasteiger partial charge in [0.05, 0.1) is 23.2 Å². The number of rotatable bonds is 6. The fourth-order valence-corrected chi connectivity index (χ4v) is 3.65. The van der Waals surface area contributed by atoms with Crippen LogP contribution >= 0.6 is 0 Å². The molecule has 0 bridgehead atoms. The van der Waals surface area contributed by atoms with Crippen molar-refractivity contribution in [2.45, 2.75) is 20.3 Å². The van der Waals surface area contributed by atoms with Gasteiger partial charge in [-0.05, 0) is 67.3 Å². The van der Waals surface area contributed by atoms with Gasteiger partial charge in [0.15, 0.2) is 0 Å². The zero-order valence-electron chi connectivity index (χ0n) is 17.5. The third-order valence-electron chi connectivity index (χ3n) is 5.22. The van der Waals surface area contributed by atoms with Crippen molar-refractivity contribution >= 4 is 17.5 Å². The van der Waals surface area contributed by atoms with Crippen molar-refractivity contribution in [3.63, 3.8) is 0 Å². The zero-order chi connectivity index (χ0) is 21.6. The van der Waals surface area contributed by atoms with Crippen molar-refractivity contribution in [3.05, 3.63) is 89.2 Å². The summed E-state index contributed by atoms with van der Waals surface area (Å²) in [7, 11) is 0. The Hall–Kier alpha value is -4.00. The van der Waals surface area contributed by atoms with Crippen molar-refractivity contribution < 1.29 is 4.42 Å². The molecule has 7 heteroatoms. The second-order valence-electron chi connectivity index (χ2n) is 7.15. The minimum absolute atomic E-state index is 0.306. The van der Waals surface area contributed by atoms with Crippen LogP contribution in [0.1, 0.15) is 25.8 Å². The van der Waals surface area contributed by atoms with Crippen LogP contribution in [0.4, 0.5) is 5.69 Å². The molecular formula is C24H24N6O. The summed E-state index contributed by atoms with van der Waals surface area (Å²) < 4.78 is 5.49. The smallest absolute Gasteiger partial charge is 0.245 e. The van der Waals surface area contributed by atoms with E-state index in [0.717, 1.165) is 41.2 Å². The van der Waals surface area contributed by atoms with E-state index < -0.39 is 0 Å². The van der Waals surface area contributed by atoms with Crippen LogP contribution in [0.3, 0.4) is 0 Å². The number of allylic oxidation sites excluding steroid dienone is 1. The third kappa shape index (κ3) is 4.45. The van der Waals surface area contributed by atoms with Crippen LogP contribution in [-0.4, -0.2) is 22.2 Å². The van der Waals surface area contributed by atoms with Crippen molar-refractivity contribution in [2.75, 3.05) is 11.9 Å². The van der Waals surface area contributed by atoms with Gasteiger partial charge in [0.1, 0.15) is 6.33 Å². The normalized spacial score (nSPS) is 15.5. The molecule has 1 aliphatic rings. The largest absolute Gasteiger partial charge is 0.445 e. The molecule has 0 fully saturated rings. The van der Waals surface area contributed by atoms with E-state index in [0.29, 0.717) is 16.8 Å². The highest BCUT2D eigenvalue weighted by Crippen LogP contribution is 2.30. The maximum Gasteiger partial charge on any atom is 0.245 e. The zero-order valence-corrected chi connectivity index (χ0v) is 17.5. The van der Waals surface area contributed by atoms with E-state index in [1.807, 2.05) is 30.3 Å². The van der Waals surface area contributed by atoms with Crippen LogP contribution in [0.2, 0.25) is 0 Å². The lowest BCUT2D eigenvalue weighted by atomic mass is 10.0. The van der Waals surface area contributed by atoms with Crippen LogP contribution in [0.25, 0.3) is 17.3 Å². The fourth-order valence-electron chi connectivity index (χ4n) is 3.65. The molecule has 156 valence electrons. The summed E-state index contributed by atoms with van der Waals surface area (Å²) >= 11 is 0. The van der Waals surface area contributed by atoms with Gasteiger partial charge < -0.3 is 15.6 Å².